The molecule has 0 radical (unpaired) electrons. The second-order valence-corrected chi connectivity index (χ2v) is 7.88. The summed E-state index contributed by atoms with van der Waals surface area (Å²) in [7, 11) is -3.28. The fourth-order valence-electron chi connectivity index (χ4n) is 3.42. The molecule has 3 rings (SSSR count). The first-order valence-electron chi connectivity index (χ1n) is 7.14. The van der Waals surface area contributed by atoms with E-state index < -0.39 is 10.0 Å². The van der Waals surface area contributed by atoms with Gasteiger partial charge in [-0.05, 0) is 43.7 Å². The molecule has 0 bridgehead atoms. The lowest BCUT2D eigenvalue weighted by atomic mass is 9.82. The van der Waals surface area contributed by atoms with Gasteiger partial charge >= 0.3 is 0 Å². The maximum atomic E-state index is 12.6. The van der Waals surface area contributed by atoms with Crippen molar-refractivity contribution in [3.05, 3.63) is 29.8 Å². The van der Waals surface area contributed by atoms with E-state index in [0.29, 0.717) is 16.7 Å². The summed E-state index contributed by atoms with van der Waals surface area (Å²) < 4.78 is 26.9. The normalized spacial score (nSPS) is 28.3. The number of fused-ring (bicyclic) bond motifs is 1. The van der Waals surface area contributed by atoms with Crippen molar-refractivity contribution in [1.82, 2.24) is 4.31 Å². The fraction of sp³-hybridized carbons (Fsp3) is 0.600. The van der Waals surface area contributed by atoms with Crippen LogP contribution in [0.1, 0.15) is 31.2 Å². The largest absolute Gasteiger partial charge is 0.243 e. The van der Waals surface area contributed by atoms with Gasteiger partial charge in [0.1, 0.15) is 0 Å². The molecule has 1 aliphatic carbocycles. The number of hydrogen-bond acceptors (Lipinski definition) is 2. The molecule has 0 aromatic heterocycles. The highest BCUT2D eigenvalue weighted by Gasteiger charge is 2.39. The summed E-state index contributed by atoms with van der Waals surface area (Å²) in [4.78, 5) is 0.441. The molecule has 1 saturated heterocycles. The van der Waals surface area contributed by atoms with E-state index in [1.165, 1.54) is 25.7 Å². The Balaban J connectivity index is 1.83. The van der Waals surface area contributed by atoms with Crippen LogP contribution < -0.4 is 0 Å². The lowest BCUT2D eigenvalue weighted by Gasteiger charge is -2.22. The molecule has 2 aliphatic rings. The van der Waals surface area contributed by atoms with Crippen LogP contribution in [-0.2, 0) is 10.0 Å². The first-order valence-corrected chi connectivity index (χ1v) is 8.58. The predicted molar refractivity (Wildman–Crippen MR) is 75.4 cm³/mol. The standard InChI is InChI=1S/C15H21NO2S/c1-12-6-8-15(9-7-12)19(17,18)16-10-13-4-2-3-5-14(13)11-16/h6-9,13-14H,2-5,10-11H2,1H3. The summed E-state index contributed by atoms with van der Waals surface area (Å²) in [5, 5.41) is 0. The van der Waals surface area contributed by atoms with E-state index in [4.69, 9.17) is 0 Å². The Kier molecular flexibility index (Phi) is 3.39. The number of aryl methyl sites for hydroxylation is 1. The molecule has 104 valence electrons. The molecule has 2 unspecified atom stereocenters. The zero-order chi connectivity index (χ0) is 13.5. The van der Waals surface area contributed by atoms with Crippen LogP contribution in [0.2, 0.25) is 0 Å². The SMILES string of the molecule is Cc1ccc(S(=O)(=O)N2CC3CCCCC3C2)cc1. The summed E-state index contributed by atoms with van der Waals surface area (Å²) >= 11 is 0. The van der Waals surface area contributed by atoms with Crippen molar-refractivity contribution in [2.24, 2.45) is 11.8 Å². The zero-order valence-corrected chi connectivity index (χ0v) is 12.2. The second-order valence-electron chi connectivity index (χ2n) is 5.94. The molecule has 1 aliphatic heterocycles. The Bertz CT molecular complexity index is 536. The van der Waals surface area contributed by atoms with Crippen molar-refractivity contribution < 1.29 is 8.42 Å². The van der Waals surface area contributed by atoms with Gasteiger partial charge in [-0.15, -0.1) is 0 Å². The van der Waals surface area contributed by atoms with Crippen LogP contribution in [0.15, 0.2) is 29.2 Å². The average Bonchev–Trinajstić information content (AvgIpc) is 2.83. The lowest BCUT2D eigenvalue weighted by Crippen LogP contribution is -2.29. The highest BCUT2D eigenvalue weighted by atomic mass is 32.2. The number of benzene rings is 1. The van der Waals surface area contributed by atoms with Gasteiger partial charge in [-0.3, -0.25) is 0 Å². The molecule has 1 heterocycles. The van der Waals surface area contributed by atoms with E-state index in [0.717, 1.165) is 18.7 Å². The molecule has 0 N–H and O–H groups in total. The first-order chi connectivity index (χ1) is 9.07. The minimum Gasteiger partial charge on any atom is -0.207 e. The molecule has 1 aromatic carbocycles. The summed E-state index contributed by atoms with van der Waals surface area (Å²) in [5.41, 5.74) is 1.09. The third-order valence-electron chi connectivity index (χ3n) is 4.60. The topological polar surface area (TPSA) is 37.4 Å². The molecule has 0 spiro atoms. The van der Waals surface area contributed by atoms with Gasteiger partial charge in [-0.2, -0.15) is 4.31 Å². The average molecular weight is 279 g/mol. The van der Waals surface area contributed by atoms with Gasteiger partial charge in [0.05, 0.1) is 4.90 Å². The highest BCUT2D eigenvalue weighted by Crippen LogP contribution is 2.38. The molecule has 4 heteroatoms. The van der Waals surface area contributed by atoms with Crippen molar-refractivity contribution >= 4 is 10.0 Å². The molecule has 1 aromatic rings. The van der Waals surface area contributed by atoms with E-state index in [9.17, 15) is 8.42 Å². The van der Waals surface area contributed by atoms with Gasteiger partial charge in [-0.25, -0.2) is 8.42 Å². The number of hydrogen-bond donors (Lipinski definition) is 0. The monoisotopic (exact) mass is 279 g/mol. The molecule has 1 saturated carbocycles. The number of sulfonamides is 1. The van der Waals surface area contributed by atoms with Crippen LogP contribution in [0.4, 0.5) is 0 Å². The minimum atomic E-state index is -3.28. The molecule has 2 fully saturated rings. The van der Waals surface area contributed by atoms with Crippen molar-refractivity contribution in [3.63, 3.8) is 0 Å². The lowest BCUT2D eigenvalue weighted by molar-refractivity contribution is 0.299. The maximum absolute atomic E-state index is 12.6. The highest BCUT2D eigenvalue weighted by molar-refractivity contribution is 7.89. The van der Waals surface area contributed by atoms with Crippen LogP contribution in [0, 0.1) is 18.8 Å². The van der Waals surface area contributed by atoms with Gasteiger partial charge in [0.25, 0.3) is 0 Å². The van der Waals surface area contributed by atoms with E-state index in [1.807, 2.05) is 19.1 Å². The Morgan fingerprint density at radius 3 is 2.05 bits per heavy atom. The maximum Gasteiger partial charge on any atom is 0.243 e. The quantitative estimate of drug-likeness (QED) is 0.835. The van der Waals surface area contributed by atoms with Crippen LogP contribution in [-0.4, -0.2) is 25.8 Å². The van der Waals surface area contributed by atoms with Crippen molar-refractivity contribution in [1.29, 1.82) is 0 Å². The third kappa shape index (κ3) is 2.43. The van der Waals surface area contributed by atoms with Crippen molar-refractivity contribution in [3.8, 4) is 0 Å². The molecule has 2 atom stereocenters. The molecular weight excluding hydrogens is 258 g/mol. The Labute approximate surface area is 115 Å². The number of rotatable bonds is 2. The summed E-state index contributed by atoms with van der Waals surface area (Å²) in [6, 6.07) is 7.20. The molecule has 0 amide bonds. The van der Waals surface area contributed by atoms with Gasteiger partial charge in [0.2, 0.25) is 10.0 Å². The van der Waals surface area contributed by atoms with Crippen LogP contribution in [0.3, 0.4) is 0 Å². The van der Waals surface area contributed by atoms with Crippen molar-refractivity contribution in [2.75, 3.05) is 13.1 Å². The van der Waals surface area contributed by atoms with E-state index >= 15 is 0 Å². The Morgan fingerprint density at radius 1 is 1.00 bits per heavy atom. The van der Waals surface area contributed by atoms with Gasteiger partial charge in [0.15, 0.2) is 0 Å². The first kappa shape index (κ1) is 13.1. The zero-order valence-electron chi connectivity index (χ0n) is 11.4. The minimum absolute atomic E-state index is 0.441. The Hall–Kier alpha value is -0.870. The van der Waals surface area contributed by atoms with E-state index in [1.54, 1.807) is 16.4 Å². The summed E-state index contributed by atoms with van der Waals surface area (Å²) in [5.74, 6) is 1.18. The van der Waals surface area contributed by atoms with E-state index in [2.05, 4.69) is 0 Å². The summed E-state index contributed by atoms with van der Waals surface area (Å²) in [6.45, 7) is 3.42. The van der Waals surface area contributed by atoms with Gasteiger partial charge in [-0.1, -0.05) is 30.5 Å². The smallest absolute Gasteiger partial charge is 0.207 e. The molecule has 19 heavy (non-hydrogen) atoms. The van der Waals surface area contributed by atoms with Crippen LogP contribution >= 0.6 is 0 Å². The Morgan fingerprint density at radius 2 is 1.53 bits per heavy atom. The second kappa shape index (κ2) is 4.91. The third-order valence-corrected chi connectivity index (χ3v) is 6.45. The van der Waals surface area contributed by atoms with Crippen LogP contribution in [0.25, 0.3) is 0 Å². The molecular formula is C15H21NO2S. The van der Waals surface area contributed by atoms with Gasteiger partial charge < -0.3 is 0 Å². The number of nitrogens with zero attached hydrogens (tertiary/aromatic N) is 1. The predicted octanol–water partition coefficient (Wildman–Crippen LogP) is 2.81. The van der Waals surface area contributed by atoms with Crippen LogP contribution in [0.5, 0.6) is 0 Å². The molecule has 3 nitrogen and oxygen atoms in total. The van der Waals surface area contributed by atoms with Gasteiger partial charge in [0, 0.05) is 13.1 Å². The summed E-state index contributed by atoms with van der Waals surface area (Å²) in [6.07, 6.45) is 4.92. The fourth-order valence-corrected chi connectivity index (χ4v) is 4.97. The van der Waals surface area contributed by atoms with E-state index in [-0.39, 0.29) is 0 Å². The van der Waals surface area contributed by atoms with Crippen molar-refractivity contribution in [2.45, 2.75) is 37.5 Å².